The highest BCUT2D eigenvalue weighted by atomic mass is 16.5. The Morgan fingerprint density at radius 3 is 2.83 bits per heavy atom. The van der Waals surface area contributed by atoms with Crippen LogP contribution in [0, 0.1) is 0 Å². The number of nitrogens with zero attached hydrogens (tertiary/aromatic N) is 2. The van der Waals surface area contributed by atoms with Crippen molar-refractivity contribution in [2.24, 2.45) is 0 Å². The van der Waals surface area contributed by atoms with Gasteiger partial charge in [-0.05, 0) is 26.6 Å². The summed E-state index contributed by atoms with van der Waals surface area (Å²) < 4.78 is 5.81. The monoisotopic (exact) mass is 251 g/mol. The number of aromatic nitrogens is 1. The van der Waals surface area contributed by atoms with Crippen LogP contribution >= 0.6 is 0 Å². The van der Waals surface area contributed by atoms with Crippen LogP contribution in [-0.2, 0) is 6.54 Å². The third-order valence-electron chi connectivity index (χ3n) is 2.57. The van der Waals surface area contributed by atoms with Crippen LogP contribution < -0.4 is 10.1 Å². The Morgan fingerprint density at radius 2 is 2.17 bits per heavy atom. The zero-order chi connectivity index (χ0) is 13.4. The fourth-order valence-electron chi connectivity index (χ4n) is 1.56. The minimum Gasteiger partial charge on any atom is -0.493 e. The van der Waals surface area contributed by atoms with E-state index in [1.807, 2.05) is 12.3 Å². The molecule has 1 aromatic heterocycles. The van der Waals surface area contributed by atoms with Gasteiger partial charge in [-0.1, -0.05) is 13.8 Å². The van der Waals surface area contributed by atoms with Crippen LogP contribution in [0.2, 0.25) is 0 Å². The second-order valence-corrected chi connectivity index (χ2v) is 5.02. The molecule has 0 fully saturated rings. The highest BCUT2D eigenvalue weighted by Crippen LogP contribution is 2.16. The van der Waals surface area contributed by atoms with Gasteiger partial charge in [0.05, 0.1) is 6.61 Å². The van der Waals surface area contributed by atoms with Crippen LogP contribution in [0.3, 0.4) is 0 Å². The zero-order valence-electron chi connectivity index (χ0n) is 11.9. The third-order valence-corrected chi connectivity index (χ3v) is 2.57. The molecular weight excluding hydrogens is 226 g/mol. The molecule has 1 rings (SSSR count). The molecule has 0 aliphatic carbocycles. The number of hydrogen-bond donors (Lipinski definition) is 1. The van der Waals surface area contributed by atoms with Crippen molar-refractivity contribution >= 4 is 0 Å². The quantitative estimate of drug-likeness (QED) is 0.716. The molecule has 0 saturated heterocycles. The summed E-state index contributed by atoms with van der Waals surface area (Å²) in [6.07, 6.45) is 4.68. The lowest BCUT2D eigenvalue weighted by molar-refractivity contribution is 0.278. The standard InChI is InChI=1S/C14H25N3O/c1-12(2)16-11-13-10-15-7-6-14(13)18-9-5-8-17(3)4/h6-7,10,12,16H,5,8-9,11H2,1-4H3. The van der Waals surface area contributed by atoms with Gasteiger partial charge in [-0.15, -0.1) is 0 Å². The predicted molar refractivity (Wildman–Crippen MR) is 74.9 cm³/mol. The van der Waals surface area contributed by atoms with Crippen LogP contribution in [-0.4, -0.2) is 43.2 Å². The minimum atomic E-state index is 0.465. The van der Waals surface area contributed by atoms with Crippen molar-refractivity contribution in [3.8, 4) is 5.75 Å². The molecule has 18 heavy (non-hydrogen) atoms. The van der Waals surface area contributed by atoms with E-state index >= 15 is 0 Å². The van der Waals surface area contributed by atoms with E-state index < -0.39 is 0 Å². The Kier molecular flexibility index (Phi) is 6.68. The van der Waals surface area contributed by atoms with Gasteiger partial charge in [0.1, 0.15) is 5.75 Å². The Morgan fingerprint density at radius 1 is 1.39 bits per heavy atom. The maximum atomic E-state index is 5.81. The summed E-state index contributed by atoms with van der Waals surface area (Å²) in [6, 6.07) is 2.40. The molecule has 1 N–H and O–H groups in total. The first-order chi connectivity index (χ1) is 8.59. The van der Waals surface area contributed by atoms with Crippen LogP contribution in [0.25, 0.3) is 0 Å². The molecule has 4 nitrogen and oxygen atoms in total. The highest BCUT2D eigenvalue weighted by molar-refractivity contribution is 5.29. The molecule has 1 aromatic rings. The van der Waals surface area contributed by atoms with Gasteiger partial charge in [-0.2, -0.15) is 0 Å². The second kappa shape index (κ2) is 8.06. The largest absolute Gasteiger partial charge is 0.493 e. The van der Waals surface area contributed by atoms with Crippen LogP contribution in [0.4, 0.5) is 0 Å². The van der Waals surface area contributed by atoms with Gasteiger partial charge in [0, 0.05) is 37.1 Å². The van der Waals surface area contributed by atoms with E-state index in [0.29, 0.717) is 6.04 Å². The van der Waals surface area contributed by atoms with Crippen molar-refractivity contribution in [3.63, 3.8) is 0 Å². The first kappa shape index (κ1) is 14.9. The Bertz CT molecular complexity index is 340. The van der Waals surface area contributed by atoms with E-state index in [9.17, 15) is 0 Å². The van der Waals surface area contributed by atoms with Gasteiger partial charge in [0.2, 0.25) is 0 Å². The van der Waals surface area contributed by atoms with Crippen LogP contribution in [0.15, 0.2) is 18.5 Å². The maximum Gasteiger partial charge on any atom is 0.126 e. The molecule has 4 heteroatoms. The summed E-state index contributed by atoms with van der Waals surface area (Å²) in [5.74, 6) is 0.942. The normalized spacial score (nSPS) is 11.2. The fraction of sp³-hybridized carbons (Fsp3) is 0.643. The zero-order valence-corrected chi connectivity index (χ0v) is 11.9. The van der Waals surface area contributed by atoms with Gasteiger partial charge in [-0.25, -0.2) is 0 Å². The number of nitrogens with one attached hydrogen (secondary N) is 1. The summed E-state index contributed by atoms with van der Waals surface area (Å²) in [7, 11) is 4.15. The summed E-state index contributed by atoms with van der Waals surface area (Å²) in [5, 5.41) is 3.38. The smallest absolute Gasteiger partial charge is 0.126 e. The summed E-state index contributed by atoms with van der Waals surface area (Å²) in [4.78, 5) is 6.32. The highest BCUT2D eigenvalue weighted by Gasteiger charge is 2.04. The number of ether oxygens (including phenoxy) is 1. The van der Waals surface area contributed by atoms with Gasteiger partial charge in [0.15, 0.2) is 0 Å². The predicted octanol–water partition coefficient (Wildman–Crippen LogP) is 1.91. The Balaban J connectivity index is 2.43. The average Bonchev–Trinajstić information content (AvgIpc) is 2.33. The van der Waals surface area contributed by atoms with Gasteiger partial charge in [-0.3, -0.25) is 4.98 Å². The summed E-state index contributed by atoms with van der Waals surface area (Å²) in [5.41, 5.74) is 1.12. The molecule has 0 radical (unpaired) electrons. The van der Waals surface area contributed by atoms with Gasteiger partial charge >= 0.3 is 0 Å². The fourth-order valence-corrected chi connectivity index (χ4v) is 1.56. The molecule has 1 heterocycles. The lowest BCUT2D eigenvalue weighted by Crippen LogP contribution is -2.22. The Labute approximate surface area is 110 Å². The van der Waals surface area contributed by atoms with E-state index in [-0.39, 0.29) is 0 Å². The van der Waals surface area contributed by atoms with Crippen molar-refractivity contribution in [1.29, 1.82) is 0 Å². The van der Waals surface area contributed by atoms with Gasteiger partial charge < -0.3 is 15.0 Å². The molecule has 0 saturated carbocycles. The average molecular weight is 251 g/mol. The molecule has 0 bridgehead atoms. The molecule has 0 aliphatic heterocycles. The maximum absolute atomic E-state index is 5.81. The first-order valence-corrected chi connectivity index (χ1v) is 6.53. The number of hydrogen-bond acceptors (Lipinski definition) is 4. The molecule has 0 atom stereocenters. The van der Waals surface area contributed by atoms with E-state index in [2.05, 4.69) is 43.1 Å². The summed E-state index contributed by atoms with van der Waals surface area (Å²) >= 11 is 0. The SMILES string of the molecule is CC(C)NCc1cnccc1OCCCN(C)C. The van der Waals surface area contributed by atoms with E-state index in [4.69, 9.17) is 4.74 Å². The Hall–Kier alpha value is -1.13. The first-order valence-electron chi connectivity index (χ1n) is 6.53. The molecular formula is C14H25N3O. The molecule has 0 spiro atoms. The topological polar surface area (TPSA) is 37.4 Å². The lowest BCUT2D eigenvalue weighted by atomic mass is 10.2. The molecule has 0 aromatic carbocycles. The van der Waals surface area contributed by atoms with Crippen molar-refractivity contribution in [3.05, 3.63) is 24.0 Å². The van der Waals surface area contributed by atoms with Crippen LogP contribution in [0.5, 0.6) is 5.75 Å². The third kappa shape index (κ3) is 5.98. The van der Waals surface area contributed by atoms with Crippen molar-refractivity contribution in [2.75, 3.05) is 27.2 Å². The van der Waals surface area contributed by atoms with Crippen molar-refractivity contribution in [2.45, 2.75) is 32.9 Å². The van der Waals surface area contributed by atoms with E-state index in [1.165, 1.54) is 0 Å². The molecule has 0 aliphatic rings. The van der Waals surface area contributed by atoms with E-state index in [1.54, 1.807) is 6.20 Å². The second-order valence-electron chi connectivity index (χ2n) is 5.02. The minimum absolute atomic E-state index is 0.465. The van der Waals surface area contributed by atoms with Crippen LogP contribution in [0.1, 0.15) is 25.8 Å². The molecule has 102 valence electrons. The van der Waals surface area contributed by atoms with Crippen molar-refractivity contribution < 1.29 is 4.74 Å². The lowest BCUT2D eigenvalue weighted by Gasteiger charge is -2.14. The van der Waals surface area contributed by atoms with Crippen molar-refractivity contribution in [1.82, 2.24) is 15.2 Å². The van der Waals surface area contributed by atoms with E-state index in [0.717, 1.165) is 37.4 Å². The van der Waals surface area contributed by atoms with Gasteiger partial charge in [0.25, 0.3) is 0 Å². The summed E-state index contributed by atoms with van der Waals surface area (Å²) in [6.45, 7) is 6.86. The molecule has 0 unspecified atom stereocenters. The molecule has 0 amide bonds. The number of rotatable bonds is 8. The number of pyridine rings is 1.